The second-order valence-corrected chi connectivity index (χ2v) is 5.19. The second kappa shape index (κ2) is 7.56. The number of hydrogen-bond donors (Lipinski definition) is 1. The van der Waals surface area contributed by atoms with Crippen molar-refractivity contribution in [3.63, 3.8) is 0 Å². The normalized spacial score (nSPS) is 10.7. The van der Waals surface area contributed by atoms with Gasteiger partial charge in [-0.2, -0.15) is 5.10 Å². The van der Waals surface area contributed by atoms with E-state index in [0.29, 0.717) is 12.4 Å². The summed E-state index contributed by atoms with van der Waals surface area (Å²) in [6.45, 7) is 4.41. The lowest BCUT2D eigenvalue weighted by Gasteiger charge is -2.10. The first kappa shape index (κ1) is 15.2. The molecule has 3 aromatic rings. The predicted octanol–water partition coefficient (Wildman–Crippen LogP) is 3.38. The Morgan fingerprint density at radius 3 is 2.74 bits per heavy atom. The van der Waals surface area contributed by atoms with Crippen molar-refractivity contribution in [2.24, 2.45) is 0 Å². The van der Waals surface area contributed by atoms with E-state index in [1.165, 1.54) is 5.56 Å². The van der Waals surface area contributed by atoms with Crippen LogP contribution < -0.4 is 10.1 Å². The summed E-state index contributed by atoms with van der Waals surface area (Å²) in [4.78, 5) is 4.34. The Morgan fingerprint density at radius 1 is 1.09 bits per heavy atom. The molecule has 0 amide bonds. The smallest absolute Gasteiger partial charge is 0.223 e. The fraction of sp³-hybridized carbons (Fsp3) is 0.222. The number of ether oxygens (including phenoxy) is 1. The lowest BCUT2D eigenvalue weighted by molar-refractivity contribution is 0.453. The van der Waals surface area contributed by atoms with Crippen molar-refractivity contribution < 1.29 is 4.74 Å². The van der Waals surface area contributed by atoms with Gasteiger partial charge in [-0.15, -0.1) is 0 Å². The topological polar surface area (TPSA) is 52.0 Å². The van der Waals surface area contributed by atoms with Gasteiger partial charge in [-0.25, -0.2) is 4.98 Å². The van der Waals surface area contributed by atoms with Gasteiger partial charge in [0.25, 0.3) is 0 Å². The van der Waals surface area contributed by atoms with Crippen molar-refractivity contribution in [3.05, 3.63) is 72.2 Å². The molecule has 2 heterocycles. The zero-order chi connectivity index (χ0) is 15.9. The van der Waals surface area contributed by atoms with Crippen LogP contribution in [0.5, 0.6) is 11.6 Å². The SMILES string of the molecule is CCn1cc(CNCc2cccnc2Oc2ccccc2)cn1. The maximum Gasteiger partial charge on any atom is 0.223 e. The van der Waals surface area contributed by atoms with Gasteiger partial charge in [0.05, 0.1) is 6.20 Å². The summed E-state index contributed by atoms with van der Waals surface area (Å²) in [5.41, 5.74) is 2.19. The highest BCUT2D eigenvalue weighted by molar-refractivity contribution is 5.32. The van der Waals surface area contributed by atoms with E-state index in [9.17, 15) is 0 Å². The average molecular weight is 308 g/mol. The van der Waals surface area contributed by atoms with Gasteiger partial charge in [0, 0.05) is 43.2 Å². The Morgan fingerprint density at radius 2 is 1.96 bits per heavy atom. The fourth-order valence-corrected chi connectivity index (χ4v) is 2.26. The van der Waals surface area contributed by atoms with Gasteiger partial charge in [-0.3, -0.25) is 4.68 Å². The van der Waals surface area contributed by atoms with Gasteiger partial charge >= 0.3 is 0 Å². The fourth-order valence-electron chi connectivity index (χ4n) is 2.26. The van der Waals surface area contributed by atoms with Crippen LogP contribution in [0.4, 0.5) is 0 Å². The zero-order valence-corrected chi connectivity index (χ0v) is 13.1. The molecule has 1 aromatic carbocycles. The van der Waals surface area contributed by atoms with Crippen LogP contribution in [0.1, 0.15) is 18.1 Å². The molecule has 0 saturated heterocycles. The average Bonchev–Trinajstić information content (AvgIpc) is 3.05. The van der Waals surface area contributed by atoms with Crippen LogP contribution in [-0.4, -0.2) is 14.8 Å². The molecule has 0 radical (unpaired) electrons. The molecule has 0 unspecified atom stereocenters. The number of pyridine rings is 1. The van der Waals surface area contributed by atoms with Crippen LogP contribution in [0, 0.1) is 0 Å². The minimum Gasteiger partial charge on any atom is -0.439 e. The highest BCUT2D eigenvalue weighted by atomic mass is 16.5. The molecule has 0 aliphatic carbocycles. The van der Waals surface area contributed by atoms with Crippen LogP contribution in [0.2, 0.25) is 0 Å². The summed E-state index contributed by atoms with van der Waals surface area (Å²) >= 11 is 0. The van der Waals surface area contributed by atoms with Gasteiger partial charge < -0.3 is 10.1 Å². The van der Waals surface area contributed by atoms with Crippen molar-refractivity contribution in [2.75, 3.05) is 0 Å². The number of benzene rings is 1. The third kappa shape index (κ3) is 4.17. The summed E-state index contributed by atoms with van der Waals surface area (Å²) in [6, 6.07) is 13.6. The van der Waals surface area contributed by atoms with Gasteiger partial charge in [-0.1, -0.05) is 24.3 Å². The van der Waals surface area contributed by atoms with E-state index >= 15 is 0 Å². The molecule has 0 aliphatic rings. The molecule has 118 valence electrons. The van der Waals surface area contributed by atoms with E-state index in [2.05, 4.69) is 28.5 Å². The summed E-state index contributed by atoms with van der Waals surface area (Å²) in [7, 11) is 0. The van der Waals surface area contributed by atoms with Crippen LogP contribution >= 0.6 is 0 Å². The number of aryl methyl sites for hydroxylation is 1. The molecule has 23 heavy (non-hydrogen) atoms. The molecule has 0 bridgehead atoms. The second-order valence-electron chi connectivity index (χ2n) is 5.19. The van der Waals surface area contributed by atoms with Crippen molar-refractivity contribution in [2.45, 2.75) is 26.6 Å². The molecular formula is C18H20N4O. The first-order valence-corrected chi connectivity index (χ1v) is 7.74. The molecular weight excluding hydrogens is 288 g/mol. The van der Waals surface area contributed by atoms with Gasteiger partial charge in [0.2, 0.25) is 5.88 Å². The quantitative estimate of drug-likeness (QED) is 0.727. The number of hydrogen-bond acceptors (Lipinski definition) is 4. The van der Waals surface area contributed by atoms with Crippen LogP contribution in [0.15, 0.2) is 61.1 Å². The minimum absolute atomic E-state index is 0.635. The first-order chi connectivity index (χ1) is 11.3. The molecule has 1 N–H and O–H groups in total. The highest BCUT2D eigenvalue weighted by Crippen LogP contribution is 2.22. The van der Waals surface area contributed by atoms with E-state index in [1.807, 2.05) is 53.3 Å². The van der Waals surface area contributed by atoms with Crippen molar-refractivity contribution in [1.82, 2.24) is 20.1 Å². The maximum atomic E-state index is 5.87. The lowest BCUT2D eigenvalue weighted by atomic mass is 10.2. The molecule has 0 fully saturated rings. The van der Waals surface area contributed by atoms with Crippen molar-refractivity contribution in [1.29, 1.82) is 0 Å². The van der Waals surface area contributed by atoms with E-state index < -0.39 is 0 Å². The summed E-state index contributed by atoms with van der Waals surface area (Å²) in [5, 5.41) is 7.68. The van der Waals surface area contributed by atoms with E-state index in [0.717, 1.165) is 24.4 Å². The third-order valence-electron chi connectivity index (χ3n) is 3.46. The van der Waals surface area contributed by atoms with Gasteiger partial charge in [0.1, 0.15) is 5.75 Å². The number of nitrogens with one attached hydrogen (secondary N) is 1. The standard InChI is InChI=1S/C18H20N4O/c1-2-22-14-15(12-21-22)11-19-13-16-7-6-10-20-18(16)23-17-8-4-3-5-9-17/h3-10,12,14,19H,2,11,13H2,1H3. The van der Waals surface area contributed by atoms with Gasteiger partial charge in [-0.05, 0) is 25.1 Å². The van der Waals surface area contributed by atoms with Gasteiger partial charge in [0.15, 0.2) is 0 Å². The Kier molecular flexibility index (Phi) is 5.01. The molecule has 5 nitrogen and oxygen atoms in total. The molecule has 3 rings (SSSR count). The summed E-state index contributed by atoms with van der Waals surface area (Å²) in [5.74, 6) is 1.42. The van der Waals surface area contributed by atoms with E-state index in [4.69, 9.17) is 4.74 Å². The lowest BCUT2D eigenvalue weighted by Crippen LogP contribution is -2.13. The Balaban J connectivity index is 1.61. The molecule has 5 heteroatoms. The molecule has 0 spiro atoms. The zero-order valence-electron chi connectivity index (χ0n) is 13.1. The van der Waals surface area contributed by atoms with Crippen molar-refractivity contribution >= 4 is 0 Å². The maximum absolute atomic E-state index is 5.87. The largest absolute Gasteiger partial charge is 0.439 e. The Bertz CT molecular complexity index is 740. The van der Waals surface area contributed by atoms with Crippen LogP contribution in [0.3, 0.4) is 0 Å². The predicted molar refractivity (Wildman–Crippen MR) is 89.2 cm³/mol. The van der Waals surface area contributed by atoms with Crippen LogP contribution in [-0.2, 0) is 19.6 Å². The number of rotatable bonds is 7. The number of para-hydroxylation sites is 1. The molecule has 0 atom stereocenters. The van der Waals surface area contributed by atoms with E-state index in [1.54, 1.807) is 6.20 Å². The first-order valence-electron chi connectivity index (χ1n) is 7.74. The number of aromatic nitrogens is 3. The molecule has 0 aliphatic heterocycles. The van der Waals surface area contributed by atoms with Crippen LogP contribution in [0.25, 0.3) is 0 Å². The third-order valence-corrected chi connectivity index (χ3v) is 3.46. The molecule has 2 aromatic heterocycles. The Labute approximate surface area is 135 Å². The summed E-state index contributed by atoms with van der Waals surface area (Å²) < 4.78 is 7.79. The van der Waals surface area contributed by atoms with Crippen molar-refractivity contribution in [3.8, 4) is 11.6 Å². The molecule has 0 saturated carbocycles. The minimum atomic E-state index is 0.635. The Hall–Kier alpha value is -2.66. The van der Waals surface area contributed by atoms with E-state index in [-0.39, 0.29) is 0 Å². The highest BCUT2D eigenvalue weighted by Gasteiger charge is 2.06. The summed E-state index contributed by atoms with van der Waals surface area (Å²) in [6.07, 6.45) is 5.69. The monoisotopic (exact) mass is 308 g/mol. The number of nitrogens with zero attached hydrogens (tertiary/aromatic N) is 3.